The molecule has 2 atom stereocenters. The molecule has 0 heterocycles. The molecule has 1 aliphatic rings. The largest absolute Gasteiger partial charge is 0.455 e. The molecule has 162 valence electrons. The maximum Gasteiger partial charge on any atom is 0.178 e. The van der Waals surface area contributed by atoms with E-state index in [-0.39, 0.29) is 0 Å². The van der Waals surface area contributed by atoms with Crippen LogP contribution in [0.1, 0.15) is 67.2 Å². The smallest absolute Gasteiger partial charge is 0.178 e. The second-order valence-electron chi connectivity index (χ2n) is 11.1. The van der Waals surface area contributed by atoms with E-state index in [9.17, 15) is 0 Å². The number of allylic oxidation sites excluding steroid dienone is 1. The summed E-state index contributed by atoms with van der Waals surface area (Å²) in [5.41, 5.74) is 0. The van der Waals surface area contributed by atoms with E-state index in [0.29, 0.717) is 28.5 Å². The van der Waals surface area contributed by atoms with E-state index in [2.05, 4.69) is 106 Å². The van der Waals surface area contributed by atoms with Crippen LogP contribution in [-0.4, -0.2) is 28.3 Å². The Morgan fingerprint density at radius 2 is 1.41 bits per heavy atom. The van der Waals surface area contributed by atoms with Crippen molar-refractivity contribution in [2.24, 2.45) is 11.8 Å². The molecule has 1 rings (SSSR count). The van der Waals surface area contributed by atoms with E-state index in [1.165, 1.54) is 19.3 Å². The standard InChI is InChI=1S/C12H30OSi2.C9H14Br2O/c1-11(2,3)14(7,8)13-15(9,10)12(4,5)6;10-9(11)5-7-2-1-3-8(4-7)6-12/h1-10H3;5,7-8,12H,1-4,6H2. The summed E-state index contributed by atoms with van der Waals surface area (Å²) in [5, 5.41) is 9.64. The maximum atomic E-state index is 9.00. The van der Waals surface area contributed by atoms with Crippen LogP contribution in [0.5, 0.6) is 0 Å². The molecule has 2 unspecified atom stereocenters. The van der Waals surface area contributed by atoms with Crippen molar-refractivity contribution in [2.75, 3.05) is 6.61 Å². The Hall–Kier alpha value is 1.05. The van der Waals surface area contributed by atoms with Crippen LogP contribution in [0.15, 0.2) is 9.47 Å². The van der Waals surface area contributed by atoms with Gasteiger partial charge in [-0.25, -0.2) is 0 Å². The average Bonchev–Trinajstić information content (AvgIpc) is 2.44. The topological polar surface area (TPSA) is 29.5 Å². The summed E-state index contributed by atoms with van der Waals surface area (Å²) in [6.07, 6.45) is 7.04. The minimum atomic E-state index is -1.59. The van der Waals surface area contributed by atoms with Gasteiger partial charge in [-0.3, -0.25) is 0 Å². The Morgan fingerprint density at radius 1 is 0.963 bits per heavy atom. The van der Waals surface area contributed by atoms with Gasteiger partial charge in [-0.2, -0.15) is 0 Å². The number of aliphatic hydroxyl groups is 1. The lowest BCUT2D eigenvalue weighted by atomic mass is 9.82. The molecule has 6 heteroatoms. The fourth-order valence-corrected chi connectivity index (χ4v) is 11.1. The molecule has 1 aliphatic carbocycles. The zero-order valence-corrected chi connectivity index (χ0v) is 24.6. The highest BCUT2D eigenvalue weighted by molar-refractivity contribution is 9.28. The second-order valence-corrected chi connectivity index (χ2v) is 23.7. The summed E-state index contributed by atoms with van der Waals surface area (Å²) in [7, 11) is -3.18. The summed E-state index contributed by atoms with van der Waals surface area (Å²) in [6, 6.07) is 0. The van der Waals surface area contributed by atoms with Gasteiger partial charge < -0.3 is 9.22 Å². The molecule has 0 aromatic carbocycles. The molecule has 0 aliphatic heterocycles. The molecule has 27 heavy (non-hydrogen) atoms. The lowest BCUT2D eigenvalue weighted by Crippen LogP contribution is -2.53. The first-order chi connectivity index (χ1) is 11.9. The van der Waals surface area contributed by atoms with Gasteiger partial charge in [0.25, 0.3) is 0 Å². The number of hydrogen-bond acceptors (Lipinski definition) is 2. The van der Waals surface area contributed by atoms with Crippen molar-refractivity contribution < 1.29 is 9.22 Å². The first-order valence-electron chi connectivity index (χ1n) is 10.3. The van der Waals surface area contributed by atoms with E-state index < -0.39 is 16.6 Å². The number of halogens is 2. The molecule has 0 saturated heterocycles. The number of rotatable bonds is 4. The van der Waals surface area contributed by atoms with Crippen LogP contribution in [0.3, 0.4) is 0 Å². The molecule has 0 amide bonds. The van der Waals surface area contributed by atoms with Crippen molar-refractivity contribution in [2.45, 2.75) is 103 Å². The van der Waals surface area contributed by atoms with Crippen molar-refractivity contribution in [3.8, 4) is 0 Å². The Morgan fingerprint density at radius 3 is 1.74 bits per heavy atom. The molecule has 2 nitrogen and oxygen atoms in total. The molecule has 0 bridgehead atoms. The van der Waals surface area contributed by atoms with Gasteiger partial charge in [-0.15, -0.1) is 0 Å². The van der Waals surface area contributed by atoms with Gasteiger partial charge in [0.2, 0.25) is 0 Å². The van der Waals surface area contributed by atoms with Gasteiger partial charge in [0.05, 0.1) is 3.39 Å². The molecule has 1 fully saturated rings. The van der Waals surface area contributed by atoms with Crippen LogP contribution in [-0.2, 0) is 4.12 Å². The van der Waals surface area contributed by atoms with Crippen LogP contribution in [0.25, 0.3) is 0 Å². The molecule has 1 N–H and O–H groups in total. The van der Waals surface area contributed by atoms with E-state index >= 15 is 0 Å². The molecular formula is C21H44Br2O2Si2. The third-order valence-corrected chi connectivity index (χ3v) is 18.4. The van der Waals surface area contributed by atoms with Crippen molar-refractivity contribution >= 4 is 48.5 Å². The van der Waals surface area contributed by atoms with Gasteiger partial charge in [0.15, 0.2) is 16.6 Å². The van der Waals surface area contributed by atoms with Gasteiger partial charge in [0.1, 0.15) is 0 Å². The van der Waals surface area contributed by atoms with Crippen LogP contribution in [0, 0.1) is 11.8 Å². The number of hydrogen-bond donors (Lipinski definition) is 1. The van der Waals surface area contributed by atoms with E-state index in [0.717, 1.165) is 9.81 Å². The van der Waals surface area contributed by atoms with Crippen LogP contribution in [0.4, 0.5) is 0 Å². The first kappa shape index (κ1) is 28.1. The molecule has 0 aromatic rings. The minimum Gasteiger partial charge on any atom is -0.455 e. The van der Waals surface area contributed by atoms with Gasteiger partial charge in [-0.05, 0) is 99.2 Å². The van der Waals surface area contributed by atoms with Crippen LogP contribution >= 0.6 is 31.9 Å². The van der Waals surface area contributed by atoms with Gasteiger partial charge in [-0.1, -0.05) is 54.0 Å². The van der Waals surface area contributed by atoms with Crippen molar-refractivity contribution in [1.82, 2.24) is 0 Å². The third-order valence-electron chi connectivity index (χ3n) is 6.57. The second kappa shape index (κ2) is 10.9. The predicted octanol–water partition coefficient (Wildman–Crippen LogP) is 8.43. The van der Waals surface area contributed by atoms with E-state index in [4.69, 9.17) is 9.22 Å². The SMILES string of the molecule is CC(C)(C)[Si](C)(C)O[Si](C)(C)C(C)(C)C.OCC1CCCC(C=C(Br)Br)C1. The number of aliphatic hydroxyl groups excluding tert-OH is 1. The zero-order chi connectivity index (χ0) is 21.7. The molecular weight excluding hydrogens is 500 g/mol. The molecule has 1 saturated carbocycles. The predicted molar refractivity (Wildman–Crippen MR) is 134 cm³/mol. The minimum absolute atomic E-state index is 0.322. The molecule has 0 aromatic heterocycles. The first-order valence-corrected chi connectivity index (χ1v) is 17.7. The average molecular weight is 545 g/mol. The quantitative estimate of drug-likeness (QED) is 0.360. The molecule has 0 radical (unpaired) electrons. The maximum absolute atomic E-state index is 9.00. The summed E-state index contributed by atoms with van der Waals surface area (Å²) < 4.78 is 7.67. The summed E-state index contributed by atoms with van der Waals surface area (Å²) in [5.74, 6) is 1.17. The van der Waals surface area contributed by atoms with Crippen LogP contribution in [0.2, 0.25) is 36.3 Å². The Kier molecular flexibility index (Phi) is 11.3. The fraction of sp³-hybridized carbons (Fsp3) is 0.905. The van der Waals surface area contributed by atoms with Gasteiger partial charge >= 0.3 is 0 Å². The van der Waals surface area contributed by atoms with Crippen LogP contribution < -0.4 is 0 Å². The van der Waals surface area contributed by atoms with Crippen molar-refractivity contribution in [3.05, 3.63) is 9.47 Å². The van der Waals surface area contributed by atoms with Gasteiger partial charge in [0, 0.05) is 6.61 Å². The fourth-order valence-electron chi connectivity index (χ4n) is 2.77. The van der Waals surface area contributed by atoms with Crippen molar-refractivity contribution in [1.29, 1.82) is 0 Å². The van der Waals surface area contributed by atoms with E-state index in [1.807, 2.05) is 0 Å². The summed E-state index contributed by atoms with van der Waals surface area (Å²) in [4.78, 5) is 0. The Labute approximate surface area is 188 Å². The summed E-state index contributed by atoms with van der Waals surface area (Å²) >= 11 is 6.73. The monoisotopic (exact) mass is 542 g/mol. The highest BCUT2D eigenvalue weighted by Crippen LogP contribution is 2.44. The zero-order valence-electron chi connectivity index (χ0n) is 19.4. The Bertz CT molecular complexity index is 450. The van der Waals surface area contributed by atoms with E-state index in [1.54, 1.807) is 0 Å². The lowest BCUT2D eigenvalue weighted by Gasteiger charge is -2.47. The lowest BCUT2D eigenvalue weighted by molar-refractivity contribution is 0.174. The highest BCUT2D eigenvalue weighted by Gasteiger charge is 2.46. The van der Waals surface area contributed by atoms with Crippen molar-refractivity contribution in [3.63, 3.8) is 0 Å². The molecule has 0 spiro atoms. The third kappa shape index (κ3) is 10.1. The summed E-state index contributed by atoms with van der Waals surface area (Å²) in [6.45, 7) is 23.6. The Balaban J connectivity index is 0.000000511. The highest BCUT2D eigenvalue weighted by atomic mass is 79.9. The normalized spacial score (nSPS) is 22.0.